The maximum atomic E-state index is 12.1. The van der Waals surface area contributed by atoms with Crippen molar-refractivity contribution in [3.8, 4) is 0 Å². The van der Waals surface area contributed by atoms with Crippen molar-refractivity contribution in [3.05, 3.63) is 0 Å². The van der Waals surface area contributed by atoms with Crippen LogP contribution in [0.25, 0.3) is 0 Å². The van der Waals surface area contributed by atoms with E-state index in [1.807, 2.05) is 7.05 Å². The Hall–Kier alpha value is -0.610. The fraction of sp³-hybridized carbons (Fsp3) is 0.923. The third kappa shape index (κ3) is 5.50. The average Bonchev–Trinajstić information content (AvgIpc) is 2.25. The third-order valence-electron chi connectivity index (χ3n) is 3.36. The van der Waals surface area contributed by atoms with Gasteiger partial charge in [-0.25, -0.2) is 0 Å². The van der Waals surface area contributed by atoms with Crippen LogP contribution in [0.5, 0.6) is 0 Å². The van der Waals surface area contributed by atoms with Crippen molar-refractivity contribution in [1.82, 2.24) is 4.90 Å². The van der Waals surface area contributed by atoms with Crippen molar-refractivity contribution in [3.63, 3.8) is 0 Å². The lowest BCUT2D eigenvalue weighted by Gasteiger charge is -2.36. The van der Waals surface area contributed by atoms with E-state index in [-0.39, 0.29) is 17.4 Å². The molecule has 0 aliphatic rings. The van der Waals surface area contributed by atoms with Crippen molar-refractivity contribution in [2.45, 2.75) is 52.6 Å². The number of likely N-dealkylation sites (N-methyl/N-ethyl adjacent to an activating group) is 1. The molecule has 17 heavy (non-hydrogen) atoms. The summed E-state index contributed by atoms with van der Waals surface area (Å²) in [5, 5.41) is 0. The molecule has 2 N–H and O–H groups in total. The van der Waals surface area contributed by atoms with Gasteiger partial charge in [0.1, 0.15) is 0 Å². The number of carbonyl (C=O) groups is 1. The molecule has 0 aliphatic heterocycles. The maximum absolute atomic E-state index is 12.1. The maximum Gasteiger partial charge on any atom is 0.239 e. The Labute approximate surface area is 105 Å². The van der Waals surface area contributed by atoms with E-state index in [1.165, 1.54) is 0 Å². The van der Waals surface area contributed by atoms with E-state index in [0.29, 0.717) is 13.0 Å². The first kappa shape index (κ1) is 16.4. The molecule has 0 heterocycles. The normalized spacial score (nSPS) is 15.5. The van der Waals surface area contributed by atoms with Gasteiger partial charge in [-0.2, -0.15) is 0 Å². The molecule has 0 aromatic carbocycles. The van der Waals surface area contributed by atoms with Crippen LogP contribution in [0.4, 0.5) is 0 Å². The van der Waals surface area contributed by atoms with Crippen LogP contribution in [0, 0.1) is 5.41 Å². The molecule has 0 saturated heterocycles. The lowest BCUT2D eigenvalue weighted by Crippen LogP contribution is -2.49. The van der Waals surface area contributed by atoms with Gasteiger partial charge in [0, 0.05) is 26.8 Å². The molecule has 0 radical (unpaired) electrons. The van der Waals surface area contributed by atoms with Crippen molar-refractivity contribution in [2.75, 3.05) is 20.8 Å². The molecule has 0 saturated carbocycles. The summed E-state index contributed by atoms with van der Waals surface area (Å²) in [4.78, 5) is 13.8. The Morgan fingerprint density at radius 2 is 1.94 bits per heavy atom. The van der Waals surface area contributed by atoms with Gasteiger partial charge in [-0.05, 0) is 25.2 Å². The molecule has 4 nitrogen and oxygen atoms in total. The highest BCUT2D eigenvalue weighted by molar-refractivity contribution is 5.81. The molecule has 0 aromatic rings. The van der Waals surface area contributed by atoms with Crippen molar-refractivity contribution in [2.24, 2.45) is 11.1 Å². The van der Waals surface area contributed by atoms with Crippen molar-refractivity contribution in [1.29, 1.82) is 0 Å². The van der Waals surface area contributed by atoms with Gasteiger partial charge < -0.3 is 15.4 Å². The summed E-state index contributed by atoms with van der Waals surface area (Å²) in [6.45, 7) is 9.08. The fourth-order valence-electron chi connectivity index (χ4n) is 1.60. The van der Waals surface area contributed by atoms with E-state index in [9.17, 15) is 4.79 Å². The first-order valence-corrected chi connectivity index (χ1v) is 6.23. The second kappa shape index (κ2) is 6.97. The van der Waals surface area contributed by atoms with Crippen LogP contribution in [0.2, 0.25) is 0 Å². The minimum Gasteiger partial charge on any atom is -0.385 e. The first-order chi connectivity index (χ1) is 7.71. The van der Waals surface area contributed by atoms with Gasteiger partial charge in [-0.1, -0.05) is 20.8 Å². The van der Waals surface area contributed by atoms with Crippen molar-refractivity contribution < 1.29 is 9.53 Å². The highest BCUT2D eigenvalue weighted by Crippen LogP contribution is 2.23. The minimum absolute atomic E-state index is 0.0172. The zero-order valence-corrected chi connectivity index (χ0v) is 12.1. The van der Waals surface area contributed by atoms with Crippen LogP contribution in [0.3, 0.4) is 0 Å². The molecule has 1 amide bonds. The smallest absolute Gasteiger partial charge is 0.239 e. The summed E-state index contributed by atoms with van der Waals surface area (Å²) < 4.78 is 4.95. The summed E-state index contributed by atoms with van der Waals surface area (Å²) in [7, 11) is 3.48. The van der Waals surface area contributed by atoms with E-state index in [0.717, 1.165) is 6.42 Å². The van der Waals surface area contributed by atoms with Crippen LogP contribution in [0.15, 0.2) is 0 Å². The quantitative estimate of drug-likeness (QED) is 0.723. The number of methoxy groups -OCH3 is 1. The number of carbonyl (C=O) groups excluding carboxylic acids is 1. The average molecular weight is 244 g/mol. The SMILES string of the molecule is COCCCC(N)C(=O)N(C)C(C)C(C)(C)C. The van der Waals surface area contributed by atoms with Gasteiger partial charge in [-0.15, -0.1) is 0 Å². The predicted molar refractivity (Wildman–Crippen MR) is 70.8 cm³/mol. The number of nitrogens with two attached hydrogens (primary N) is 1. The molecule has 4 heteroatoms. The van der Waals surface area contributed by atoms with Gasteiger partial charge in [-0.3, -0.25) is 4.79 Å². The van der Waals surface area contributed by atoms with Gasteiger partial charge in [0.2, 0.25) is 5.91 Å². The standard InChI is InChI=1S/C13H28N2O2/c1-10(13(2,3)4)15(5)12(16)11(14)8-7-9-17-6/h10-11H,7-9,14H2,1-6H3. The van der Waals surface area contributed by atoms with Crippen LogP contribution < -0.4 is 5.73 Å². The van der Waals surface area contributed by atoms with E-state index in [4.69, 9.17) is 10.5 Å². The van der Waals surface area contributed by atoms with E-state index in [1.54, 1.807) is 12.0 Å². The van der Waals surface area contributed by atoms with Gasteiger partial charge in [0.15, 0.2) is 0 Å². The van der Waals surface area contributed by atoms with Crippen LogP contribution >= 0.6 is 0 Å². The highest BCUT2D eigenvalue weighted by Gasteiger charge is 2.29. The number of nitrogens with zero attached hydrogens (tertiary/aromatic N) is 1. The lowest BCUT2D eigenvalue weighted by atomic mass is 9.87. The molecular weight excluding hydrogens is 216 g/mol. The van der Waals surface area contributed by atoms with Gasteiger partial charge in [0.05, 0.1) is 6.04 Å². The molecular formula is C13H28N2O2. The van der Waals surface area contributed by atoms with Gasteiger partial charge >= 0.3 is 0 Å². The Bertz CT molecular complexity index is 236. The molecule has 0 aromatic heterocycles. The largest absolute Gasteiger partial charge is 0.385 e. The number of rotatable bonds is 6. The number of hydrogen-bond acceptors (Lipinski definition) is 3. The number of amides is 1. The molecule has 2 unspecified atom stereocenters. The molecule has 0 aliphatic carbocycles. The van der Waals surface area contributed by atoms with Crippen LogP contribution in [-0.4, -0.2) is 43.7 Å². The summed E-state index contributed by atoms with van der Waals surface area (Å²) in [5.41, 5.74) is 5.96. The zero-order valence-electron chi connectivity index (χ0n) is 12.1. The molecule has 0 spiro atoms. The van der Waals surface area contributed by atoms with Crippen molar-refractivity contribution >= 4 is 5.91 Å². The van der Waals surface area contributed by atoms with Gasteiger partial charge in [0.25, 0.3) is 0 Å². The number of ether oxygens (including phenoxy) is 1. The molecule has 2 atom stereocenters. The highest BCUT2D eigenvalue weighted by atomic mass is 16.5. The summed E-state index contributed by atoms with van der Waals surface area (Å²) in [6.07, 6.45) is 1.50. The van der Waals surface area contributed by atoms with E-state index in [2.05, 4.69) is 27.7 Å². The zero-order chi connectivity index (χ0) is 13.6. The fourth-order valence-corrected chi connectivity index (χ4v) is 1.60. The molecule has 102 valence electrons. The third-order valence-corrected chi connectivity index (χ3v) is 3.36. The molecule has 0 bridgehead atoms. The molecule has 0 fully saturated rings. The van der Waals surface area contributed by atoms with Crippen LogP contribution in [-0.2, 0) is 9.53 Å². The second-order valence-electron chi connectivity index (χ2n) is 5.73. The molecule has 0 rings (SSSR count). The topological polar surface area (TPSA) is 55.6 Å². The Morgan fingerprint density at radius 3 is 2.35 bits per heavy atom. The predicted octanol–water partition coefficient (Wildman–Crippen LogP) is 1.63. The van der Waals surface area contributed by atoms with E-state index < -0.39 is 6.04 Å². The minimum atomic E-state index is -0.417. The lowest BCUT2D eigenvalue weighted by molar-refractivity contribution is -0.135. The number of hydrogen-bond donors (Lipinski definition) is 1. The Morgan fingerprint density at radius 1 is 1.41 bits per heavy atom. The summed E-state index contributed by atoms with van der Waals surface area (Å²) in [6, 6.07) is -0.247. The van der Waals surface area contributed by atoms with E-state index >= 15 is 0 Å². The Balaban J connectivity index is 4.29. The van der Waals surface area contributed by atoms with Crippen LogP contribution in [0.1, 0.15) is 40.5 Å². The summed E-state index contributed by atoms with van der Waals surface area (Å²) in [5.74, 6) is 0.0172. The second-order valence-corrected chi connectivity index (χ2v) is 5.73. The monoisotopic (exact) mass is 244 g/mol. The summed E-state index contributed by atoms with van der Waals surface area (Å²) >= 11 is 0. The Kier molecular flexibility index (Phi) is 6.72. The first-order valence-electron chi connectivity index (χ1n) is 6.23.